The number of rotatable bonds is 3. The van der Waals surface area contributed by atoms with Gasteiger partial charge in [-0.15, -0.1) is 0 Å². The van der Waals surface area contributed by atoms with Crippen molar-refractivity contribution in [3.05, 3.63) is 42.1 Å². The van der Waals surface area contributed by atoms with Gasteiger partial charge in [0, 0.05) is 10.0 Å². The van der Waals surface area contributed by atoms with Crippen molar-refractivity contribution < 1.29 is 0 Å². The Balaban J connectivity index is 2.56. The van der Waals surface area contributed by atoms with E-state index in [0.717, 1.165) is 32.1 Å². The lowest BCUT2D eigenvalue weighted by Crippen LogP contribution is -2.01. The third-order valence-corrected chi connectivity index (χ3v) is 5.07. The zero-order valence-corrected chi connectivity index (χ0v) is 15.3. The van der Waals surface area contributed by atoms with Crippen molar-refractivity contribution in [1.29, 1.82) is 0 Å². The number of hydrogen-bond donors (Lipinski definition) is 0. The highest BCUT2D eigenvalue weighted by atomic mass is 127. The van der Waals surface area contributed by atoms with E-state index in [1.54, 1.807) is 0 Å². The van der Waals surface area contributed by atoms with Gasteiger partial charge in [0.2, 0.25) is 0 Å². The Labute approximate surface area is 144 Å². The predicted molar refractivity (Wildman–Crippen MR) is 91.9 cm³/mol. The van der Waals surface area contributed by atoms with Crippen molar-refractivity contribution in [2.75, 3.05) is 0 Å². The topological polar surface area (TPSA) is 25.8 Å². The zero-order chi connectivity index (χ0) is 14.0. The molecule has 2 aromatic rings. The van der Waals surface area contributed by atoms with Gasteiger partial charge in [-0.05, 0) is 47.2 Å². The standard InChI is InChI=1S/C13H10BrCl2IN2/c1-2-3-10-11(17)12(16)19-13(18-10)8-5-4-7(14)6-9(8)15/h4-6H,2-3H2,1H3. The van der Waals surface area contributed by atoms with Crippen LogP contribution < -0.4 is 0 Å². The number of aryl methyl sites for hydroxylation is 1. The minimum atomic E-state index is 0.480. The minimum Gasteiger partial charge on any atom is -0.232 e. The lowest BCUT2D eigenvalue weighted by Gasteiger charge is -2.09. The molecule has 0 unspecified atom stereocenters. The van der Waals surface area contributed by atoms with Crippen LogP contribution in [0.3, 0.4) is 0 Å². The quantitative estimate of drug-likeness (QED) is 0.419. The SMILES string of the molecule is CCCc1nc(-c2ccc(Br)cc2Cl)nc(Cl)c1I. The van der Waals surface area contributed by atoms with E-state index in [-0.39, 0.29) is 0 Å². The van der Waals surface area contributed by atoms with Gasteiger partial charge in [-0.1, -0.05) is 52.5 Å². The highest BCUT2D eigenvalue weighted by Crippen LogP contribution is 2.31. The fraction of sp³-hybridized carbons (Fsp3) is 0.231. The molecule has 0 bridgehead atoms. The summed E-state index contributed by atoms with van der Waals surface area (Å²) in [5.41, 5.74) is 1.76. The first-order chi connectivity index (χ1) is 9.02. The summed E-state index contributed by atoms with van der Waals surface area (Å²) in [6, 6.07) is 5.63. The first-order valence-electron chi connectivity index (χ1n) is 5.70. The molecule has 0 amide bonds. The number of benzene rings is 1. The predicted octanol–water partition coefficient (Wildman–Crippen LogP) is 5.77. The van der Waals surface area contributed by atoms with Crippen LogP contribution in [0.2, 0.25) is 10.2 Å². The molecule has 0 saturated heterocycles. The summed E-state index contributed by atoms with van der Waals surface area (Å²) in [6.45, 7) is 2.11. The molecule has 0 aliphatic rings. The van der Waals surface area contributed by atoms with Crippen molar-refractivity contribution in [3.8, 4) is 11.4 Å². The first kappa shape index (κ1) is 15.5. The van der Waals surface area contributed by atoms with Crippen LogP contribution in [0.4, 0.5) is 0 Å². The fourth-order valence-corrected chi connectivity index (χ4v) is 3.11. The molecule has 0 aliphatic heterocycles. The van der Waals surface area contributed by atoms with E-state index in [4.69, 9.17) is 23.2 Å². The average Bonchev–Trinajstić information content (AvgIpc) is 2.35. The van der Waals surface area contributed by atoms with Gasteiger partial charge >= 0.3 is 0 Å². The van der Waals surface area contributed by atoms with Gasteiger partial charge in [-0.2, -0.15) is 0 Å². The van der Waals surface area contributed by atoms with Crippen molar-refractivity contribution >= 4 is 61.7 Å². The van der Waals surface area contributed by atoms with Crippen LogP contribution in [0, 0.1) is 3.57 Å². The van der Waals surface area contributed by atoms with Gasteiger partial charge in [0.15, 0.2) is 5.82 Å². The second-order valence-electron chi connectivity index (χ2n) is 3.97. The van der Waals surface area contributed by atoms with E-state index in [0.29, 0.717) is 16.0 Å². The van der Waals surface area contributed by atoms with E-state index in [2.05, 4.69) is 55.4 Å². The molecule has 19 heavy (non-hydrogen) atoms. The van der Waals surface area contributed by atoms with E-state index in [9.17, 15) is 0 Å². The Kier molecular flexibility index (Phi) is 5.45. The second kappa shape index (κ2) is 6.70. The Morgan fingerprint density at radius 2 is 2.00 bits per heavy atom. The molecule has 0 spiro atoms. The number of hydrogen-bond acceptors (Lipinski definition) is 2. The normalized spacial score (nSPS) is 10.8. The lowest BCUT2D eigenvalue weighted by molar-refractivity contribution is 0.867. The smallest absolute Gasteiger partial charge is 0.162 e. The third-order valence-electron chi connectivity index (χ3n) is 2.54. The lowest BCUT2D eigenvalue weighted by atomic mass is 10.2. The molecule has 0 saturated carbocycles. The Morgan fingerprint density at radius 1 is 1.26 bits per heavy atom. The molecule has 1 heterocycles. The van der Waals surface area contributed by atoms with Crippen LogP contribution in [0.15, 0.2) is 22.7 Å². The maximum absolute atomic E-state index is 6.23. The van der Waals surface area contributed by atoms with Gasteiger partial charge in [-0.3, -0.25) is 0 Å². The summed E-state index contributed by atoms with van der Waals surface area (Å²) in [6.07, 6.45) is 1.89. The van der Waals surface area contributed by atoms with Gasteiger partial charge in [0.05, 0.1) is 14.3 Å². The fourth-order valence-electron chi connectivity index (χ4n) is 1.66. The number of nitrogens with zero attached hydrogens (tertiary/aromatic N) is 2. The molecule has 1 aromatic heterocycles. The van der Waals surface area contributed by atoms with Crippen LogP contribution in [-0.2, 0) is 6.42 Å². The Bertz CT molecular complexity index is 620. The molecule has 0 aliphatic carbocycles. The van der Waals surface area contributed by atoms with Crippen LogP contribution in [0.25, 0.3) is 11.4 Å². The molecule has 0 fully saturated rings. The summed E-state index contributed by atoms with van der Waals surface area (Å²) < 4.78 is 1.84. The van der Waals surface area contributed by atoms with E-state index in [1.165, 1.54) is 0 Å². The maximum atomic E-state index is 6.23. The van der Waals surface area contributed by atoms with Crippen LogP contribution >= 0.6 is 61.7 Å². The van der Waals surface area contributed by atoms with E-state index >= 15 is 0 Å². The van der Waals surface area contributed by atoms with Crippen molar-refractivity contribution in [3.63, 3.8) is 0 Å². The minimum absolute atomic E-state index is 0.480. The van der Waals surface area contributed by atoms with Gasteiger partial charge < -0.3 is 0 Å². The molecule has 0 atom stereocenters. The van der Waals surface area contributed by atoms with Gasteiger partial charge in [-0.25, -0.2) is 9.97 Å². The molecule has 0 N–H and O–H groups in total. The number of aromatic nitrogens is 2. The molecule has 6 heteroatoms. The average molecular weight is 472 g/mol. The van der Waals surface area contributed by atoms with Crippen molar-refractivity contribution in [1.82, 2.24) is 9.97 Å². The van der Waals surface area contributed by atoms with E-state index in [1.807, 2.05) is 18.2 Å². The summed E-state index contributed by atoms with van der Waals surface area (Å²) in [7, 11) is 0. The molecule has 1 aromatic carbocycles. The monoisotopic (exact) mass is 470 g/mol. The van der Waals surface area contributed by atoms with Crippen LogP contribution in [0.5, 0.6) is 0 Å². The van der Waals surface area contributed by atoms with Crippen LogP contribution in [-0.4, -0.2) is 9.97 Å². The molecule has 100 valence electrons. The van der Waals surface area contributed by atoms with Gasteiger partial charge in [0.25, 0.3) is 0 Å². The highest BCUT2D eigenvalue weighted by Gasteiger charge is 2.13. The highest BCUT2D eigenvalue weighted by molar-refractivity contribution is 14.1. The molecule has 0 radical (unpaired) electrons. The van der Waals surface area contributed by atoms with E-state index < -0.39 is 0 Å². The van der Waals surface area contributed by atoms with Crippen molar-refractivity contribution in [2.45, 2.75) is 19.8 Å². The second-order valence-corrected chi connectivity index (χ2v) is 6.73. The zero-order valence-electron chi connectivity index (χ0n) is 10.1. The number of halogens is 4. The molecule has 2 rings (SSSR count). The summed E-state index contributed by atoms with van der Waals surface area (Å²) >= 11 is 18.0. The Hall–Kier alpha value is 0.0900. The first-order valence-corrected chi connectivity index (χ1v) is 8.33. The summed E-state index contributed by atoms with van der Waals surface area (Å²) in [5, 5.41) is 1.09. The summed E-state index contributed by atoms with van der Waals surface area (Å²) in [4.78, 5) is 8.90. The molecule has 2 nitrogen and oxygen atoms in total. The Morgan fingerprint density at radius 3 is 2.63 bits per heavy atom. The maximum Gasteiger partial charge on any atom is 0.162 e. The molecular formula is C13H10BrCl2IN2. The summed E-state index contributed by atoms with van der Waals surface area (Å²) in [5.74, 6) is 0.575. The van der Waals surface area contributed by atoms with Gasteiger partial charge in [0.1, 0.15) is 5.15 Å². The van der Waals surface area contributed by atoms with Crippen molar-refractivity contribution in [2.24, 2.45) is 0 Å². The van der Waals surface area contributed by atoms with Crippen LogP contribution in [0.1, 0.15) is 19.0 Å². The molecular weight excluding hydrogens is 462 g/mol. The third kappa shape index (κ3) is 3.60. The largest absolute Gasteiger partial charge is 0.232 e.